The average Bonchev–Trinajstić information content (AvgIpc) is 3.30. The first-order valence-electron chi connectivity index (χ1n) is 21.7. The third-order valence-corrected chi connectivity index (χ3v) is 13.9. The molecule has 0 saturated carbocycles. The molecule has 0 amide bonds. The van der Waals surface area contributed by atoms with Gasteiger partial charge >= 0.3 is 12.7 Å². The van der Waals surface area contributed by atoms with Gasteiger partial charge in [-0.25, -0.2) is 28.7 Å². The predicted molar refractivity (Wildman–Crippen MR) is 259 cm³/mol. The Morgan fingerprint density at radius 2 is 1.53 bits per heavy atom. The van der Waals surface area contributed by atoms with Crippen LogP contribution >= 0.6 is 0 Å². The number of anilines is 2. The van der Waals surface area contributed by atoms with Crippen LogP contribution in [0.1, 0.15) is 47.6 Å². The van der Waals surface area contributed by atoms with Crippen LogP contribution in [0.5, 0.6) is 5.75 Å². The Balaban J connectivity index is 1.20. The van der Waals surface area contributed by atoms with Crippen LogP contribution in [-0.4, -0.2) is 44.6 Å². The van der Waals surface area contributed by atoms with Crippen molar-refractivity contribution >= 4 is 56.2 Å². The second-order valence-electron chi connectivity index (χ2n) is 16.7. The fourth-order valence-electron chi connectivity index (χ4n) is 8.53. The van der Waals surface area contributed by atoms with Crippen molar-refractivity contribution in [3.63, 3.8) is 0 Å². The highest BCUT2D eigenvalue weighted by Gasteiger charge is 2.34. The summed E-state index contributed by atoms with van der Waals surface area (Å²) in [6.07, 6.45) is 0.345. The second kappa shape index (κ2) is 19.0. The van der Waals surface area contributed by atoms with Crippen molar-refractivity contribution in [3.8, 4) is 40.1 Å². The van der Waals surface area contributed by atoms with Gasteiger partial charge in [0.05, 0.1) is 15.9 Å². The fourth-order valence-corrected chi connectivity index (χ4v) is 10.2. The zero-order chi connectivity index (χ0) is 46.7. The molecule has 11 nitrogen and oxygen atoms in total. The molecule has 2 heterocycles. The standard InChI is InChI=1S/C53H48BN5O6S/c1-33(2)53(60)64-41-22-24-59(25-23-41)66(61,62)49-17-10-8-15-45(49)50-43-20-18-39(57-51-34(3)12-11-13-35(51)4)28-47(43)65-48-29-40(19-21-44(48)50)58-52-36(5)26-42(27-37(52)6)63-30-38-14-7-9-16-46(38)54(31-55)32-56/h7-21,26-29,41,57H,1,22-25,30H2,2-6H3. The Kier molecular flexibility index (Phi) is 13.0. The summed E-state index contributed by atoms with van der Waals surface area (Å²) in [5.41, 5.74) is 10.7. The van der Waals surface area contributed by atoms with Crippen molar-refractivity contribution in [1.29, 1.82) is 10.5 Å². The molecule has 1 saturated heterocycles. The molecule has 330 valence electrons. The van der Waals surface area contributed by atoms with Gasteiger partial charge in [-0.3, -0.25) is 0 Å². The lowest BCUT2D eigenvalue weighted by molar-refractivity contribution is -0.145. The Labute approximate surface area is 385 Å². The zero-order valence-corrected chi connectivity index (χ0v) is 38.3. The number of hydrogen-bond acceptors (Lipinski definition) is 10. The highest BCUT2D eigenvalue weighted by molar-refractivity contribution is 7.89. The number of hydrogen-bond donors (Lipinski definition) is 1. The third kappa shape index (κ3) is 9.22. The highest BCUT2D eigenvalue weighted by atomic mass is 32.2. The van der Waals surface area contributed by atoms with Gasteiger partial charge in [-0.15, -0.1) is 0 Å². The fraction of sp³-hybridized carbons (Fsp3) is 0.208. The number of carbonyl (C=O) groups is 1. The first-order valence-corrected chi connectivity index (χ1v) is 23.2. The molecule has 0 radical (unpaired) electrons. The van der Waals surface area contributed by atoms with Crippen LogP contribution in [0.25, 0.3) is 33.4 Å². The summed E-state index contributed by atoms with van der Waals surface area (Å²) in [7, 11) is -4.02. The van der Waals surface area contributed by atoms with Gasteiger partial charge in [0.2, 0.25) is 10.0 Å². The second-order valence-corrected chi connectivity index (χ2v) is 18.6. The first kappa shape index (κ1) is 45.1. The van der Waals surface area contributed by atoms with E-state index < -0.39 is 28.8 Å². The molecule has 1 N–H and O–H groups in total. The van der Waals surface area contributed by atoms with Gasteiger partial charge in [0.15, 0.2) is 0 Å². The summed E-state index contributed by atoms with van der Waals surface area (Å²) < 4.78 is 49.3. The van der Waals surface area contributed by atoms with Crippen LogP contribution in [0, 0.1) is 50.2 Å². The zero-order valence-electron chi connectivity index (χ0n) is 37.5. The van der Waals surface area contributed by atoms with E-state index >= 15 is 0 Å². The monoisotopic (exact) mass is 893 g/mol. The number of esters is 1. The molecule has 13 heteroatoms. The Bertz CT molecular complexity index is 3230. The van der Waals surface area contributed by atoms with Gasteiger partial charge in [0.1, 0.15) is 29.8 Å². The molecule has 5 aromatic rings. The van der Waals surface area contributed by atoms with Crippen LogP contribution in [0.15, 0.2) is 142 Å². The maximum atomic E-state index is 14.7. The smallest absolute Gasteiger partial charge is 0.417 e. The summed E-state index contributed by atoms with van der Waals surface area (Å²) in [5.74, 6) is 4.77. The van der Waals surface area contributed by atoms with E-state index in [0.29, 0.717) is 63.0 Å². The maximum absolute atomic E-state index is 14.7. The summed E-state index contributed by atoms with van der Waals surface area (Å²) in [6, 6.07) is 35.9. The summed E-state index contributed by atoms with van der Waals surface area (Å²) in [6.45, 7) is 13.0. The maximum Gasteiger partial charge on any atom is 0.417 e. The largest absolute Gasteiger partial charge is 0.489 e. The lowest BCUT2D eigenvalue weighted by Crippen LogP contribution is -2.41. The van der Waals surface area contributed by atoms with Gasteiger partial charge in [-0.2, -0.15) is 4.31 Å². The molecule has 0 unspecified atom stereocenters. The number of rotatable bonds is 12. The van der Waals surface area contributed by atoms with Crippen LogP contribution in [0.4, 0.5) is 17.1 Å². The van der Waals surface area contributed by atoms with Gasteiger partial charge in [0, 0.05) is 76.2 Å². The van der Waals surface area contributed by atoms with Crippen molar-refractivity contribution in [3.05, 3.63) is 161 Å². The quantitative estimate of drug-likeness (QED) is 0.0545. The molecular formula is C53H48BN5O6S. The van der Waals surface area contributed by atoms with Crippen LogP contribution in [0.2, 0.25) is 0 Å². The minimum atomic E-state index is -4.02. The van der Waals surface area contributed by atoms with E-state index in [9.17, 15) is 23.7 Å². The molecule has 3 aliphatic rings. The minimum absolute atomic E-state index is 0.162. The van der Waals surface area contributed by atoms with Crippen LogP contribution in [0.3, 0.4) is 0 Å². The van der Waals surface area contributed by atoms with E-state index in [-0.39, 0.29) is 24.6 Å². The minimum Gasteiger partial charge on any atom is -0.489 e. The van der Waals surface area contributed by atoms with Crippen LogP contribution < -0.4 is 20.9 Å². The van der Waals surface area contributed by atoms with Crippen molar-refractivity contribution < 1.29 is 27.1 Å². The number of piperidine rings is 1. The van der Waals surface area contributed by atoms with Crippen molar-refractivity contribution in [2.45, 2.75) is 65.1 Å². The highest BCUT2D eigenvalue weighted by Crippen LogP contribution is 2.44. The Morgan fingerprint density at radius 3 is 2.23 bits per heavy atom. The number of nitrogens with one attached hydrogen (secondary N) is 1. The number of ether oxygens (including phenoxy) is 2. The molecule has 0 bridgehead atoms. The van der Waals surface area contributed by atoms with Crippen molar-refractivity contribution in [2.24, 2.45) is 4.99 Å². The van der Waals surface area contributed by atoms with E-state index in [0.717, 1.165) is 50.3 Å². The van der Waals surface area contributed by atoms with E-state index in [2.05, 4.69) is 49.8 Å². The summed E-state index contributed by atoms with van der Waals surface area (Å²) >= 11 is 0. The Hall–Kier alpha value is -7.45. The summed E-state index contributed by atoms with van der Waals surface area (Å²) in [5, 5.41) is 24.0. The number of nitriles is 2. The molecule has 8 rings (SSSR count). The number of nitrogens with zero attached hydrogens (tertiary/aromatic N) is 4. The van der Waals surface area contributed by atoms with Crippen molar-refractivity contribution in [2.75, 3.05) is 18.4 Å². The molecule has 1 aliphatic carbocycles. The molecular weight excluding hydrogens is 845 g/mol. The van der Waals surface area contributed by atoms with Gasteiger partial charge in [0.25, 0.3) is 0 Å². The molecule has 2 aliphatic heterocycles. The molecule has 0 atom stereocenters. The molecule has 0 aromatic heterocycles. The molecule has 0 spiro atoms. The number of aryl methyl sites for hydroxylation is 4. The third-order valence-electron chi connectivity index (χ3n) is 12.0. The normalized spacial score (nSPS) is 13.5. The first-order chi connectivity index (χ1) is 31.7. The number of fused-ring (bicyclic) bond motifs is 2. The number of sulfonamides is 1. The predicted octanol–water partition coefficient (Wildman–Crippen LogP) is 10.1. The van der Waals surface area contributed by atoms with E-state index in [4.69, 9.17) is 18.9 Å². The lowest BCUT2D eigenvalue weighted by Gasteiger charge is -2.31. The molecule has 1 fully saturated rings. The van der Waals surface area contributed by atoms with Crippen molar-refractivity contribution in [1.82, 2.24) is 4.31 Å². The topological polar surface area (TPSA) is 158 Å². The molecule has 66 heavy (non-hydrogen) atoms. The van der Waals surface area contributed by atoms with Crippen LogP contribution in [-0.2, 0) is 26.2 Å². The number of benzene rings is 6. The van der Waals surface area contributed by atoms with E-state index in [1.54, 1.807) is 31.2 Å². The van der Waals surface area contributed by atoms with Gasteiger partial charge < -0.3 is 19.2 Å². The summed E-state index contributed by atoms with van der Waals surface area (Å²) in [4.78, 5) is 17.5. The lowest BCUT2D eigenvalue weighted by atomic mass is 9.47. The SMILES string of the molecule is C=C(C)C(=O)OC1CCN(S(=O)(=O)c2ccccc2-c2c3ccc(=Nc4c(C)cc(OCc5ccccc5B(C#N)C#N)cc4C)cc-3oc3cc(Nc4c(C)cccc4C)ccc23)CC1. The van der Waals surface area contributed by atoms with Gasteiger partial charge in [-0.1, -0.05) is 67.2 Å². The van der Waals surface area contributed by atoms with E-state index in [1.165, 1.54) is 4.31 Å². The average molecular weight is 894 g/mol. The van der Waals surface area contributed by atoms with Gasteiger partial charge in [-0.05, 0) is 123 Å². The van der Waals surface area contributed by atoms with E-state index in [1.807, 2.05) is 92.7 Å². The number of carbonyl (C=O) groups excluding carboxylic acids is 1. The molecule has 5 aromatic carbocycles. The Morgan fingerprint density at radius 1 is 0.848 bits per heavy atom. The number of para-hydroxylation sites is 1.